The number of hydrogen-bond donors (Lipinski definition) is 1. The predicted octanol–water partition coefficient (Wildman–Crippen LogP) is 2.82. The smallest absolute Gasteiger partial charge is 0.220 e. The van der Waals surface area contributed by atoms with Crippen LogP contribution in [0.4, 0.5) is 0 Å². The molecule has 2 aliphatic rings. The zero-order chi connectivity index (χ0) is 17.3. The summed E-state index contributed by atoms with van der Waals surface area (Å²) in [7, 11) is 1.96. The molecule has 5 heteroatoms. The van der Waals surface area contributed by atoms with E-state index in [1.165, 1.54) is 31.2 Å². The molecular formula is C19H31N3O2. The van der Waals surface area contributed by atoms with Gasteiger partial charge in [0.2, 0.25) is 5.91 Å². The number of rotatable bonds is 6. The van der Waals surface area contributed by atoms with Crippen LogP contribution in [0.3, 0.4) is 0 Å². The van der Waals surface area contributed by atoms with Crippen molar-refractivity contribution in [1.82, 2.24) is 15.1 Å². The van der Waals surface area contributed by atoms with Crippen molar-refractivity contribution in [2.75, 3.05) is 6.61 Å². The topological polar surface area (TPSA) is 56.1 Å². The molecule has 1 aromatic heterocycles. The number of aromatic nitrogens is 2. The molecule has 134 valence electrons. The zero-order valence-electron chi connectivity index (χ0n) is 15.5. The van der Waals surface area contributed by atoms with Gasteiger partial charge in [-0.05, 0) is 52.0 Å². The van der Waals surface area contributed by atoms with Gasteiger partial charge < -0.3 is 10.1 Å². The van der Waals surface area contributed by atoms with Gasteiger partial charge in [-0.25, -0.2) is 0 Å². The van der Waals surface area contributed by atoms with Crippen LogP contribution < -0.4 is 5.32 Å². The number of carbonyl (C=O) groups excluding carboxylic acids is 1. The molecule has 2 aliphatic carbocycles. The van der Waals surface area contributed by atoms with Gasteiger partial charge in [0.1, 0.15) is 0 Å². The first-order chi connectivity index (χ1) is 11.5. The molecule has 0 radical (unpaired) electrons. The number of ether oxygens (including phenoxy) is 1. The summed E-state index contributed by atoms with van der Waals surface area (Å²) in [5, 5.41) is 7.74. The molecule has 0 saturated heterocycles. The van der Waals surface area contributed by atoms with E-state index in [9.17, 15) is 4.79 Å². The lowest BCUT2D eigenvalue weighted by Gasteiger charge is -2.54. The van der Waals surface area contributed by atoms with E-state index in [4.69, 9.17) is 4.74 Å². The highest BCUT2D eigenvalue weighted by molar-refractivity contribution is 5.77. The molecule has 1 N–H and O–H groups in total. The lowest BCUT2D eigenvalue weighted by Crippen LogP contribution is -2.63. The summed E-state index contributed by atoms with van der Waals surface area (Å²) in [4.78, 5) is 12.5. The van der Waals surface area contributed by atoms with Crippen LogP contribution in [0, 0.1) is 19.3 Å². The molecule has 0 aromatic carbocycles. The molecule has 2 saturated carbocycles. The Balaban J connectivity index is 1.55. The van der Waals surface area contributed by atoms with E-state index < -0.39 is 0 Å². The molecule has 24 heavy (non-hydrogen) atoms. The molecule has 3 rings (SSSR count). The fourth-order valence-electron chi connectivity index (χ4n) is 4.77. The number of aryl methyl sites for hydroxylation is 2. The van der Waals surface area contributed by atoms with Gasteiger partial charge in [-0.1, -0.05) is 12.8 Å². The monoisotopic (exact) mass is 333 g/mol. The Kier molecular flexibility index (Phi) is 5.00. The van der Waals surface area contributed by atoms with E-state index in [1.807, 2.05) is 18.7 Å². The maximum Gasteiger partial charge on any atom is 0.220 e. The molecule has 1 aromatic rings. The van der Waals surface area contributed by atoms with Crippen molar-refractivity contribution in [3.8, 4) is 0 Å². The zero-order valence-corrected chi connectivity index (χ0v) is 15.5. The van der Waals surface area contributed by atoms with Crippen LogP contribution in [0.1, 0.15) is 62.4 Å². The Hall–Kier alpha value is -1.36. The number of hydrogen-bond acceptors (Lipinski definition) is 3. The summed E-state index contributed by atoms with van der Waals surface area (Å²) in [6.45, 7) is 6.92. The summed E-state index contributed by atoms with van der Waals surface area (Å²) >= 11 is 0. The van der Waals surface area contributed by atoms with Gasteiger partial charge in [0.15, 0.2) is 0 Å². The van der Waals surface area contributed by atoms with E-state index in [0.29, 0.717) is 18.6 Å². The van der Waals surface area contributed by atoms with Gasteiger partial charge in [-0.2, -0.15) is 5.10 Å². The molecule has 1 heterocycles. The summed E-state index contributed by atoms with van der Waals surface area (Å²) in [6.07, 6.45) is 7.56. The molecule has 2 atom stereocenters. The third-order valence-corrected chi connectivity index (χ3v) is 6.28. The fourth-order valence-corrected chi connectivity index (χ4v) is 4.77. The van der Waals surface area contributed by atoms with Crippen molar-refractivity contribution in [3.63, 3.8) is 0 Å². The largest absolute Gasteiger partial charge is 0.378 e. The van der Waals surface area contributed by atoms with Gasteiger partial charge >= 0.3 is 0 Å². The molecular weight excluding hydrogens is 302 g/mol. The van der Waals surface area contributed by atoms with E-state index in [2.05, 4.69) is 24.3 Å². The Bertz CT molecular complexity index is 602. The van der Waals surface area contributed by atoms with Crippen LogP contribution in [0.2, 0.25) is 0 Å². The maximum atomic E-state index is 12.5. The molecule has 1 amide bonds. The summed E-state index contributed by atoms with van der Waals surface area (Å²) < 4.78 is 7.83. The molecule has 5 nitrogen and oxygen atoms in total. The molecule has 0 bridgehead atoms. The van der Waals surface area contributed by atoms with Crippen LogP contribution in [0.5, 0.6) is 0 Å². The standard InChI is InChI=1S/C19H31N3O2/c1-5-24-17-12-16(19(17)10-6-7-11-19)20-18(23)9-8-15-13(2)21-22(4)14(15)3/h16-17H,5-12H2,1-4H3,(H,20,23)/t16-,17+/m0/s1. The van der Waals surface area contributed by atoms with E-state index in [0.717, 1.165) is 30.8 Å². The maximum absolute atomic E-state index is 12.5. The van der Waals surface area contributed by atoms with E-state index in [-0.39, 0.29) is 11.3 Å². The molecule has 2 fully saturated rings. The van der Waals surface area contributed by atoms with Gasteiger partial charge in [0.25, 0.3) is 0 Å². The number of nitrogens with zero attached hydrogens (tertiary/aromatic N) is 2. The second-order valence-electron chi connectivity index (χ2n) is 7.51. The molecule has 0 aliphatic heterocycles. The van der Waals surface area contributed by atoms with Crippen molar-refractivity contribution in [2.24, 2.45) is 12.5 Å². The minimum atomic E-state index is 0.170. The Morgan fingerprint density at radius 2 is 2.08 bits per heavy atom. The minimum absolute atomic E-state index is 0.170. The molecule has 0 unspecified atom stereocenters. The van der Waals surface area contributed by atoms with Crippen molar-refractivity contribution in [3.05, 3.63) is 17.0 Å². The van der Waals surface area contributed by atoms with Crippen molar-refractivity contribution < 1.29 is 9.53 Å². The highest BCUT2D eigenvalue weighted by atomic mass is 16.5. The fraction of sp³-hybridized carbons (Fsp3) is 0.789. The quantitative estimate of drug-likeness (QED) is 0.871. The van der Waals surface area contributed by atoms with Crippen LogP contribution in [0.15, 0.2) is 0 Å². The Morgan fingerprint density at radius 1 is 1.38 bits per heavy atom. The Morgan fingerprint density at radius 3 is 2.67 bits per heavy atom. The van der Waals surface area contributed by atoms with Gasteiger partial charge in [-0.15, -0.1) is 0 Å². The van der Waals surface area contributed by atoms with Gasteiger partial charge in [0, 0.05) is 37.2 Å². The molecule has 1 spiro atoms. The van der Waals surface area contributed by atoms with Crippen molar-refractivity contribution >= 4 is 5.91 Å². The van der Waals surface area contributed by atoms with Gasteiger partial charge in [-0.3, -0.25) is 9.48 Å². The number of amides is 1. The normalized spacial score (nSPS) is 25.0. The first-order valence-corrected chi connectivity index (χ1v) is 9.38. The summed E-state index contributed by atoms with van der Waals surface area (Å²) in [5.41, 5.74) is 3.62. The lowest BCUT2D eigenvalue weighted by molar-refractivity contribution is -0.144. The van der Waals surface area contributed by atoms with Gasteiger partial charge in [0.05, 0.1) is 11.8 Å². The summed E-state index contributed by atoms with van der Waals surface area (Å²) in [6, 6.07) is 0.306. The lowest BCUT2D eigenvalue weighted by atomic mass is 9.60. The highest BCUT2D eigenvalue weighted by Gasteiger charge is 2.57. The van der Waals surface area contributed by atoms with Crippen LogP contribution in [-0.2, 0) is 23.0 Å². The average molecular weight is 333 g/mol. The van der Waals surface area contributed by atoms with E-state index >= 15 is 0 Å². The Labute approximate surface area is 145 Å². The first-order valence-electron chi connectivity index (χ1n) is 9.38. The van der Waals surface area contributed by atoms with E-state index in [1.54, 1.807) is 0 Å². The van der Waals surface area contributed by atoms with Crippen LogP contribution >= 0.6 is 0 Å². The first kappa shape index (κ1) is 17.5. The summed E-state index contributed by atoms with van der Waals surface area (Å²) in [5.74, 6) is 0.170. The average Bonchev–Trinajstić information content (AvgIpc) is 3.14. The minimum Gasteiger partial charge on any atom is -0.378 e. The SMILES string of the molecule is CCO[C@@H]1C[C@H](NC(=O)CCc2c(C)nn(C)c2C)C12CCCC2. The number of nitrogens with one attached hydrogen (secondary N) is 1. The van der Waals surface area contributed by atoms with Crippen LogP contribution in [0.25, 0.3) is 0 Å². The van der Waals surface area contributed by atoms with Crippen LogP contribution in [-0.4, -0.2) is 34.4 Å². The second-order valence-corrected chi connectivity index (χ2v) is 7.51. The van der Waals surface area contributed by atoms with Crippen molar-refractivity contribution in [2.45, 2.75) is 77.9 Å². The third-order valence-electron chi connectivity index (χ3n) is 6.28. The highest BCUT2D eigenvalue weighted by Crippen LogP contribution is 2.54. The van der Waals surface area contributed by atoms with Crippen molar-refractivity contribution in [1.29, 1.82) is 0 Å². The third kappa shape index (κ3) is 2.99. The second kappa shape index (κ2) is 6.87. The number of carbonyl (C=O) groups is 1. The predicted molar refractivity (Wildman–Crippen MR) is 93.9 cm³/mol.